The van der Waals surface area contributed by atoms with Crippen molar-refractivity contribution in [1.29, 1.82) is 0 Å². The van der Waals surface area contributed by atoms with Gasteiger partial charge in [-0.3, -0.25) is 0 Å². The van der Waals surface area contributed by atoms with Gasteiger partial charge in [-0.25, -0.2) is 0 Å². The summed E-state index contributed by atoms with van der Waals surface area (Å²) in [5.74, 6) is 0. The first-order valence-electron chi connectivity index (χ1n) is 17.9. The third-order valence-corrected chi connectivity index (χ3v) is 10.2. The van der Waals surface area contributed by atoms with Crippen LogP contribution in [0.5, 0.6) is 0 Å². The molecule has 0 amide bonds. The highest BCUT2D eigenvalue weighted by Gasteiger charge is 2.18. The molecule has 0 nitrogen and oxygen atoms in total. The smallest absolute Gasteiger partial charge is 0.00206 e. The van der Waals surface area contributed by atoms with Crippen molar-refractivity contribution in [3.05, 3.63) is 150 Å². The molecule has 0 heterocycles. The molecule has 246 valence electrons. The standard InChI is InChI=1S/C48H40.C2H6/c1-8-10-31-19-23-42-40(21-17-30(9-2)46(42)44(31)29(3)4)35-14-12-34-26-36(15-13-33(34)25-35)41-22-18-32-11-16-37-27-39(48(5,6)7)28-38-20-24-43(41)47(32)45(37)38;1-2/h8-28H,1,3H2,2,4-7H3;1-2H3/b30-9-,31-10-;. The maximum absolute atomic E-state index is 4.36. The summed E-state index contributed by atoms with van der Waals surface area (Å²) in [6, 6.07) is 41.4. The van der Waals surface area contributed by atoms with Crippen LogP contribution in [0.2, 0.25) is 0 Å². The molecule has 0 unspecified atom stereocenters. The fourth-order valence-electron chi connectivity index (χ4n) is 7.79. The van der Waals surface area contributed by atoms with Crippen LogP contribution in [0.4, 0.5) is 0 Å². The number of hydrogen-bond donors (Lipinski definition) is 0. The summed E-state index contributed by atoms with van der Waals surface area (Å²) in [6.45, 7) is 23.4. The van der Waals surface area contributed by atoms with Crippen molar-refractivity contribution in [2.24, 2.45) is 0 Å². The van der Waals surface area contributed by atoms with Gasteiger partial charge < -0.3 is 0 Å². The topological polar surface area (TPSA) is 0 Å². The molecule has 8 rings (SSSR count). The van der Waals surface area contributed by atoms with Crippen molar-refractivity contribution >= 4 is 71.6 Å². The van der Waals surface area contributed by atoms with E-state index in [-0.39, 0.29) is 5.41 Å². The third-order valence-electron chi connectivity index (χ3n) is 10.2. The lowest BCUT2D eigenvalue weighted by molar-refractivity contribution is 0.591. The molecular formula is C50H46. The van der Waals surface area contributed by atoms with Gasteiger partial charge in [-0.2, -0.15) is 0 Å². The van der Waals surface area contributed by atoms with Crippen molar-refractivity contribution in [3.63, 3.8) is 0 Å². The second kappa shape index (κ2) is 12.8. The highest BCUT2D eigenvalue weighted by Crippen LogP contribution is 2.42. The van der Waals surface area contributed by atoms with Gasteiger partial charge in [-0.1, -0.05) is 163 Å². The predicted octanol–water partition coefficient (Wildman–Crippen LogP) is 13.3. The molecule has 0 atom stereocenters. The molecule has 0 bridgehead atoms. The molecule has 0 spiro atoms. The molecular weight excluding hydrogens is 601 g/mol. The van der Waals surface area contributed by atoms with Gasteiger partial charge in [0.1, 0.15) is 0 Å². The van der Waals surface area contributed by atoms with E-state index in [0.29, 0.717) is 0 Å². The third kappa shape index (κ3) is 5.40. The molecule has 50 heavy (non-hydrogen) atoms. The van der Waals surface area contributed by atoms with Crippen molar-refractivity contribution in [3.8, 4) is 22.3 Å². The molecule has 0 aliphatic heterocycles. The average Bonchev–Trinajstić information content (AvgIpc) is 3.13. The fraction of sp³-hybridized carbons (Fsp3) is 0.160. The highest BCUT2D eigenvalue weighted by molar-refractivity contribution is 6.25. The van der Waals surface area contributed by atoms with Crippen LogP contribution >= 0.6 is 0 Å². The number of allylic oxidation sites excluding steroid dienone is 2. The Morgan fingerprint density at radius 2 is 1.06 bits per heavy atom. The molecule has 0 aliphatic carbocycles. The van der Waals surface area contributed by atoms with Gasteiger partial charge in [0, 0.05) is 0 Å². The molecule has 0 saturated carbocycles. The first-order chi connectivity index (χ1) is 24.2. The van der Waals surface area contributed by atoms with Gasteiger partial charge in [0.25, 0.3) is 0 Å². The van der Waals surface area contributed by atoms with Crippen LogP contribution in [0.15, 0.2) is 128 Å². The normalized spacial score (nSPS) is 12.7. The van der Waals surface area contributed by atoms with Gasteiger partial charge in [-0.15, -0.1) is 0 Å². The van der Waals surface area contributed by atoms with Gasteiger partial charge in [0.05, 0.1) is 0 Å². The monoisotopic (exact) mass is 646 g/mol. The van der Waals surface area contributed by atoms with Crippen LogP contribution in [0.1, 0.15) is 59.6 Å². The van der Waals surface area contributed by atoms with Crippen LogP contribution < -0.4 is 10.4 Å². The van der Waals surface area contributed by atoms with Crippen molar-refractivity contribution in [2.45, 2.75) is 53.9 Å². The van der Waals surface area contributed by atoms with E-state index in [0.717, 1.165) is 10.8 Å². The SMILES string of the molecule is C=C/C=c1/ccc2c(-c3ccc4cc(-c5ccc6ccc7cc(C(C)(C)C)cc8ccc5c6c78)ccc4c3)cc/c(=C/C)c2c1C(=C)C.CC. The van der Waals surface area contributed by atoms with Gasteiger partial charge in [0.2, 0.25) is 0 Å². The zero-order valence-corrected chi connectivity index (χ0v) is 30.5. The Morgan fingerprint density at radius 3 is 1.64 bits per heavy atom. The van der Waals surface area contributed by atoms with Gasteiger partial charge in [-0.05, 0) is 135 Å². The molecule has 0 heteroatoms. The summed E-state index contributed by atoms with van der Waals surface area (Å²) in [4.78, 5) is 0. The summed E-state index contributed by atoms with van der Waals surface area (Å²) in [6.07, 6.45) is 6.13. The predicted molar refractivity (Wildman–Crippen MR) is 225 cm³/mol. The van der Waals surface area contributed by atoms with E-state index in [9.17, 15) is 0 Å². The summed E-state index contributed by atoms with van der Waals surface area (Å²) < 4.78 is 0. The van der Waals surface area contributed by atoms with Crippen LogP contribution in [-0.2, 0) is 5.41 Å². The molecule has 8 aromatic carbocycles. The molecule has 8 aromatic rings. The van der Waals surface area contributed by atoms with Crippen molar-refractivity contribution in [2.75, 3.05) is 0 Å². The number of hydrogen-bond acceptors (Lipinski definition) is 0. The number of fused-ring (bicyclic) bond motifs is 2. The van der Waals surface area contributed by atoms with E-state index < -0.39 is 0 Å². The van der Waals surface area contributed by atoms with Gasteiger partial charge >= 0.3 is 0 Å². The number of rotatable bonds is 4. The Kier molecular flexibility index (Phi) is 8.44. The first kappa shape index (κ1) is 33.1. The Balaban J connectivity index is 0.00000193. The molecule has 0 fully saturated rings. The second-order valence-electron chi connectivity index (χ2n) is 14.3. The van der Waals surface area contributed by atoms with Crippen LogP contribution in [0.25, 0.3) is 93.8 Å². The van der Waals surface area contributed by atoms with E-state index in [1.165, 1.54) is 92.5 Å². The minimum atomic E-state index is 0.104. The summed E-state index contributed by atoms with van der Waals surface area (Å²) in [7, 11) is 0. The summed E-state index contributed by atoms with van der Waals surface area (Å²) in [5.41, 5.74) is 8.70. The van der Waals surface area contributed by atoms with E-state index in [1.807, 2.05) is 19.9 Å². The zero-order valence-electron chi connectivity index (χ0n) is 30.5. The Morgan fingerprint density at radius 1 is 0.560 bits per heavy atom. The fourth-order valence-corrected chi connectivity index (χ4v) is 7.79. The van der Waals surface area contributed by atoms with Crippen molar-refractivity contribution < 1.29 is 0 Å². The minimum Gasteiger partial charge on any atom is -0.0990 e. The van der Waals surface area contributed by atoms with Crippen LogP contribution in [0.3, 0.4) is 0 Å². The minimum absolute atomic E-state index is 0.104. The van der Waals surface area contributed by atoms with E-state index in [1.54, 1.807) is 0 Å². The van der Waals surface area contributed by atoms with E-state index >= 15 is 0 Å². The Labute approximate surface area is 296 Å². The zero-order chi connectivity index (χ0) is 35.3. The number of benzene rings is 8. The van der Waals surface area contributed by atoms with E-state index in [4.69, 9.17) is 0 Å². The Hall–Kier alpha value is -5.46. The maximum atomic E-state index is 4.36. The summed E-state index contributed by atoms with van der Waals surface area (Å²) >= 11 is 0. The Bertz CT molecular complexity index is 2730. The van der Waals surface area contributed by atoms with Crippen LogP contribution in [-0.4, -0.2) is 0 Å². The molecule has 0 aromatic heterocycles. The quantitative estimate of drug-likeness (QED) is 0.167. The van der Waals surface area contributed by atoms with Crippen LogP contribution in [0, 0.1) is 0 Å². The lowest BCUT2D eigenvalue weighted by Gasteiger charge is -2.22. The van der Waals surface area contributed by atoms with Crippen molar-refractivity contribution in [1.82, 2.24) is 0 Å². The average molecular weight is 647 g/mol. The second-order valence-corrected chi connectivity index (χ2v) is 14.3. The first-order valence-corrected chi connectivity index (χ1v) is 17.9. The maximum Gasteiger partial charge on any atom is -0.00206 e. The van der Waals surface area contributed by atoms with E-state index in [2.05, 4.69) is 169 Å². The molecule has 0 radical (unpaired) electrons. The largest absolute Gasteiger partial charge is 0.0990 e. The highest BCUT2D eigenvalue weighted by atomic mass is 14.2. The van der Waals surface area contributed by atoms with Gasteiger partial charge in [0.15, 0.2) is 0 Å². The molecule has 0 saturated heterocycles. The lowest BCUT2D eigenvalue weighted by atomic mass is 9.82. The summed E-state index contributed by atoms with van der Waals surface area (Å²) in [5, 5.41) is 15.3. The molecule has 0 N–H and O–H groups in total. The molecule has 0 aliphatic rings. The lowest BCUT2D eigenvalue weighted by Crippen LogP contribution is -2.14.